The van der Waals surface area contributed by atoms with Gasteiger partial charge in [0, 0.05) is 18.6 Å². The number of benzene rings is 1. The van der Waals surface area contributed by atoms with Crippen LogP contribution in [0.1, 0.15) is 45.7 Å². The zero-order valence-electron chi connectivity index (χ0n) is 13.5. The summed E-state index contributed by atoms with van der Waals surface area (Å²) < 4.78 is 11.2. The topological polar surface area (TPSA) is 44.5 Å². The molecule has 0 saturated heterocycles. The van der Waals surface area contributed by atoms with Crippen molar-refractivity contribution in [2.45, 2.75) is 46.4 Å². The molecule has 4 heteroatoms. The highest BCUT2D eigenvalue weighted by Gasteiger charge is 2.26. The number of thiol groups is 1. The molecule has 2 atom stereocenters. The molecule has 0 amide bonds. The zero-order valence-corrected chi connectivity index (χ0v) is 14.4. The molecule has 0 heterocycles. The highest BCUT2D eigenvalue weighted by molar-refractivity contribution is 7.79. The van der Waals surface area contributed by atoms with Gasteiger partial charge in [0.25, 0.3) is 0 Å². The molecule has 0 saturated carbocycles. The van der Waals surface area contributed by atoms with Gasteiger partial charge in [0.2, 0.25) is 6.29 Å². The Bertz CT molecular complexity index is 360. The van der Waals surface area contributed by atoms with Crippen LogP contribution >= 0.6 is 12.6 Å². The lowest BCUT2D eigenvalue weighted by Gasteiger charge is -2.29. The van der Waals surface area contributed by atoms with Crippen LogP contribution in [-0.4, -0.2) is 19.7 Å². The van der Waals surface area contributed by atoms with E-state index < -0.39 is 0 Å². The summed E-state index contributed by atoms with van der Waals surface area (Å²) in [7, 11) is 1.66. The van der Waals surface area contributed by atoms with Gasteiger partial charge in [-0.25, -0.2) is 0 Å². The largest absolute Gasteiger partial charge is 0.464 e. The Morgan fingerprint density at radius 2 is 1.65 bits per heavy atom. The molecule has 0 aromatic heterocycles. The molecule has 20 heavy (non-hydrogen) atoms. The minimum absolute atomic E-state index is 0.0623. The summed E-state index contributed by atoms with van der Waals surface area (Å²) in [5, 5.41) is 0. The molecule has 0 fully saturated rings. The number of methoxy groups -OCH3 is 1. The van der Waals surface area contributed by atoms with Gasteiger partial charge in [-0.05, 0) is 30.4 Å². The van der Waals surface area contributed by atoms with Crippen LogP contribution in [0.2, 0.25) is 0 Å². The molecule has 1 aromatic carbocycles. The molecule has 0 radical (unpaired) electrons. The van der Waals surface area contributed by atoms with E-state index in [0.717, 1.165) is 17.7 Å². The van der Waals surface area contributed by atoms with E-state index in [1.165, 1.54) is 0 Å². The molecule has 3 nitrogen and oxygen atoms in total. The molecule has 2 unspecified atom stereocenters. The van der Waals surface area contributed by atoms with E-state index >= 15 is 0 Å². The van der Waals surface area contributed by atoms with Gasteiger partial charge in [0.15, 0.2) is 0 Å². The van der Waals surface area contributed by atoms with E-state index in [-0.39, 0.29) is 17.7 Å². The molecule has 0 spiro atoms. The molecule has 2 N–H and O–H groups in total. The van der Waals surface area contributed by atoms with E-state index in [1.807, 2.05) is 24.3 Å². The van der Waals surface area contributed by atoms with Gasteiger partial charge in [-0.15, -0.1) is 0 Å². The Hall–Kier alpha value is -0.710. The molecular weight excluding hydrogens is 270 g/mol. The van der Waals surface area contributed by atoms with Crippen molar-refractivity contribution in [3.8, 4) is 5.75 Å². The van der Waals surface area contributed by atoms with E-state index in [1.54, 1.807) is 13.4 Å². The molecule has 0 aliphatic carbocycles. The van der Waals surface area contributed by atoms with Crippen LogP contribution < -0.4 is 10.5 Å². The Morgan fingerprint density at radius 3 is 2.00 bits per heavy atom. The van der Waals surface area contributed by atoms with Gasteiger partial charge in [-0.1, -0.05) is 39.8 Å². The highest BCUT2D eigenvalue weighted by Crippen LogP contribution is 2.26. The number of hydrogen-bond donors (Lipinski definition) is 2. The normalized spacial score (nSPS) is 14.0. The lowest BCUT2D eigenvalue weighted by Crippen LogP contribution is -2.33. The fourth-order valence-corrected chi connectivity index (χ4v) is 1.73. The lowest BCUT2D eigenvalue weighted by molar-refractivity contribution is -0.120. The first-order valence-electron chi connectivity index (χ1n) is 6.88. The summed E-state index contributed by atoms with van der Waals surface area (Å²) in [6.45, 7) is 8.34. The van der Waals surface area contributed by atoms with Crippen molar-refractivity contribution >= 4 is 12.6 Å². The predicted octanol–water partition coefficient (Wildman–Crippen LogP) is 4.04. The van der Waals surface area contributed by atoms with Crippen molar-refractivity contribution < 1.29 is 9.47 Å². The van der Waals surface area contributed by atoms with Gasteiger partial charge in [-0.3, -0.25) is 0 Å². The number of rotatable bonds is 5. The van der Waals surface area contributed by atoms with Crippen LogP contribution in [0.5, 0.6) is 5.75 Å². The van der Waals surface area contributed by atoms with Crippen LogP contribution in [-0.2, 0) is 4.74 Å². The first-order chi connectivity index (χ1) is 9.38. The summed E-state index contributed by atoms with van der Waals surface area (Å²) >= 11 is 3.53. The van der Waals surface area contributed by atoms with E-state index in [9.17, 15) is 0 Å². The van der Waals surface area contributed by atoms with Crippen LogP contribution in [0.25, 0.3) is 0 Å². The summed E-state index contributed by atoms with van der Waals surface area (Å²) in [5.74, 6) is 0.809. The predicted molar refractivity (Wildman–Crippen MR) is 89.5 cm³/mol. The van der Waals surface area contributed by atoms with E-state index in [4.69, 9.17) is 15.2 Å². The highest BCUT2D eigenvalue weighted by atomic mass is 32.1. The molecule has 0 bridgehead atoms. The molecule has 1 rings (SSSR count). The van der Waals surface area contributed by atoms with Crippen molar-refractivity contribution in [3.05, 3.63) is 29.8 Å². The third kappa shape index (κ3) is 6.16. The Kier molecular flexibility index (Phi) is 8.94. The van der Waals surface area contributed by atoms with Crippen LogP contribution in [0.3, 0.4) is 0 Å². The third-order valence-corrected chi connectivity index (χ3v) is 2.91. The SMILES string of the molecule is CCC(N)c1ccc(OC(OC)C(C)(C)C)cc1.CS. The monoisotopic (exact) mass is 299 g/mol. The van der Waals surface area contributed by atoms with Crippen molar-refractivity contribution in [3.63, 3.8) is 0 Å². The average molecular weight is 299 g/mol. The fraction of sp³-hybridized carbons (Fsp3) is 0.625. The van der Waals surface area contributed by atoms with Crippen molar-refractivity contribution in [2.24, 2.45) is 11.1 Å². The third-order valence-electron chi connectivity index (χ3n) is 2.91. The second-order valence-corrected chi connectivity index (χ2v) is 5.64. The van der Waals surface area contributed by atoms with Crippen LogP contribution in [0.15, 0.2) is 24.3 Å². The van der Waals surface area contributed by atoms with Gasteiger partial charge in [0.1, 0.15) is 5.75 Å². The smallest absolute Gasteiger partial charge is 0.204 e. The second kappa shape index (κ2) is 9.27. The average Bonchev–Trinajstić information content (AvgIpc) is 2.45. The fourth-order valence-electron chi connectivity index (χ4n) is 1.73. The van der Waals surface area contributed by atoms with E-state index in [2.05, 4.69) is 40.3 Å². The Morgan fingerprint density at radius 1 is 1.15 bits per heavy atom. The second-order valence-electron chi connectivity index (χ2n) is 5.64. The minimum Gasteiger partial charge on any atom is -0.464 e. The quantitative estimate of drug-likeness (QED) is 0.637. The maximum atomic E-state index is 5.98. The van der Waals surface area contributed by atoms with E-state index in [0.29, 0.717) is 0 Å². The Balaban J connectivity index is 0.00000172. The molecule has 0 aliphatic heterocycles. The number of hydrogen-bond acceptors (Lipinski definition) is 4. The van der Waals surface area contributed by atoms with Crippen LogP contribution in [0, 0.1) is 5.41 Å². The maximum absolute atomic E-state index is 5.98. The standard InChI is InChI=1S/C15H25NO2.CH4S/c1-6-13(16)11-7-9-12(10-8-11)18-14(17-5)15(2,3)4;1-2/h7-10,13-14H,6,16H2,1-5H3;2H,1H3. The first-order valence-corrected chi connectivity index (χ1v) is 7.77. The van der Waals surface area contributed by atoms with Crippen LogP contribution in [0.4, 0.5) is 0 Å². The molecule has 116 valence electrons. The Labute approximate surface area is 129 Å². The summed E-state index contributed by atoms with van der Waals surface area (Å²) in [4.78, 5) is 0. The van der Waals surface area contributed by atoms with Crippen molar-refractivity contribution in [1.29, 1.82) is 0 Å². The van der Waals surface area contributed by atoms with Gasteiger partial charge >= 0.3 is 0 Å². The molecule has 1 aromatic rings. The summed E-state index contributed by atoms with van der Waals surface area (Å²) in [5.41, 5.74) is 7.05. The number of ether oxygens (including phenoxy) is 2. The van der Waals surface area contributed by atoms with Crippen molar-refractivity contribution in [2.75, 3.05) is 13.4 Å². The number of nitrogens with two attached hydrogens (primary N) is 1. The lowest BCUT2D eigenvalue weighted by atomic mass is 9.96. The van der Waals surface area contributed by atoms with Gasteiger partial charge in [-0.2, -0.15) is 12.6 Å². The minimum atomic E-state index is -0.261. The van der Waals surface area contributed by atoms with Crippen molar-refractivity contribution in [1.82, 2.24) is 0 Å². The summed E-state index contributed by atoms with van der Waals surface area (Å²) in [6.07, 6.45) is 2.37. The molecular formula is C16H29NO2S. The van der Waals surface area contributed by atoms with Gasteiger partial charge in [0.05, 0.1) is 0 Å². The maximum Gasteiger partial charge on any atom is 0.204 e. The first kappa shape index (κ1) is 19.3. The van der Waals surface area contributed by atoms with Gasteiger partial charge < -0.3 is 15.2 Å². The zero-order chi connectivity index (χ0) is 15.8. The molecule has 0 aliphatic rings. The summed E-state index contributed by atoms with van der Waals surface area (Å²) in [6, 6.07) is 8.02.